The molecule has 0 radical (unpaired) electrons. The molecule has 1 aliphatic heterocycles. The van der Waals surface area contributed by atoms with Crippen molar-refractivity contribution in [3.63, 3.8) is 0 Å². The van der Waals surface area contributed by atoms with Crippen LogP contribution in [0.5, 0.6) is 0 Å². The van der Waals surface area contributed by atoms with Crippen molar-refractivity contribution < 1.29 is 17.3 Å². The van der Waals surface area contributed by atoms with E-state index in [1.807, 2.05) is 0 Å². The maximum Gasteiger partial charge on any atom is 0.112 e. The van der Waals surface area contributed by atoms with E-state index in [0.717, 1.165) is 0 Å². The van der Waals surface area contributed by atoms with Gasteiger partial charge in [0.15, 0.2) is 0 Å². The average molecular weight is 272 g/mol. The zero-order valence-electron chi connectivity index (χ0n) is 12.2. The molecule has 0 amide bonds. The van der Waals surface area contributed by atoms with Gasteiger partial charge in [0.2, 0.25) is 0 Å². The van der Waals surface area contributed by atoms with Gasteiger partial charge in [-0.1, -0.05) is 46.0 Å². The summed E-state index contributed by atoms with van der Waals surface area (Å²) in [4.78, 5) is 1.61. The summed E-state index contributed by atoms with van der Waals surface area (Å²) in [6.07, 6.45) is 19.3. The fourth-order valence-electron chi connectivity index (χ4n) is 2.52. The van der Waals surface area contributed by atoms with Crippen LogP contribution >= 0.6 is 0 Å². The zero-order valence-corrected chi connectivity index (χ0v) is 12.9. The Labute approximate surface area is 120 Å². The van der Waals surface area contributed by atoms with Gasteiger partial charge in [-0.3, -0.25) is 4.90 Å². The van der Waals surface area contributed by atoms with Crippen LogP contribution < -0.4 is 17.3 Å². The number of hydrogen-bond donors (Lipinski definition) is 1. The summed E-state index contributed by atoms with van der Waals surface area (Å²) in [7, 11) is 0. The molecule has 0 spiro atoms. The molecule has 1 rings (SSSR count). The van der Waals surface area contributed by atoms with E-state index in [4.69, 9.17) is 0 Å². The van der Waals surface area contributed by atoms with E-state index >= 15 is 0 Å². The van der Waals surface area contributed by atoms with Crippen molar-refractivity contribution in [2.24, 2.45) is 0 Å². The maximum absolute atomic E-state index is 2.32. The minimum atomic E-state index is 0. The summed E-state index contributed by atoms with van der Waals surface area (Å²) in [6, 6.07) is 0. The van der Waals surface area contributed by atoms with Gasteiger partial charge in [0, 0.05) is 12.5 Å². The Morgan fingerprint density at radius 1 is 0.889 bits per heavy atom. The molecule has 1 N–H and O–H groups in total. The molecule has 0 aromatic carbocycles. The monoisotopic (exact) mass is 271 g/mol. The molecule has 0 saturated heterocycles. The Balaban J connectivity index is 0.00000289. The summed E-state index contributed by atoms with van der Waals surface area (Å²) in [5, 5.41) is 0. The standard InChI is InChI=1S/C16H29N.ClH/c1-3-5-6-7-8-9-10-14-17-15-11-13-16(17)12-4-2;/h11,13,15H,3-10,12,14H2,1-2H3;1H. The van der Waals surface area contributed by atoms with Crippen LogP contribution in [0, 0.1) is 0 Å². The van der Waals surface area contributed by atoms with Crippen LogP contribution in [0.2, 0.25) is 0 Å². The van der Waals surface area contributed by atoms with Gasteiger partial charge in [-0.15, -0.1) is 0 Å². The number of quaternary nitrogens is 1. The minimum Gasteiger partial charge on any atom is -1.00 e. The van der Waals surface area contributed by atoms with Crippen molar-refractivity contribution in [2.45, 2.75) is 71.6 Å². The van der Waals surface area contributed by atoms with Gasteiger partial charge < -0.3 is 12.4 Å². The topological polar surface area (TPSA) is 4.44 Å². The molecule has 106 valence electrons. The minimum absolute atomic E-state index is 0. The third-order valence-corrected chi connectivity index (χ3v) is 3.58. The summed E-state index contributed by atoms with van der Waals surface area (Å²) in [6.45, 7) is 5.85. The van der Waals surface area contributed by atoms with Gasteiger partial charge >= 0.3 is 0 Å². The number of unbranched alkanes of at least 4 members (excludes halogenated alkanes) is 6. The lowest BCUT2D eigenvalue weighted by Crippen LogP contribution is -3.04. The number of halogens is 1. The molecule has 1 heterocycles. The van der Waals surface area contributed by atoms with E-state index in [9.17, 15) is 0 Å². The van der Waals surface area contributed by atoms with Gasteiger partial charge in [-0.25, -0.2) is 0 Å². The van der Waals surface area contributed by atoms with E-state index in [1.54, 1.807) is 10.6 Å². The Morgan fingerprint density at radius 2 is 1.56 bits per heavy atom. The highest BCUT2D eigenvalue weighted by molar-refractivity contribution is 5.10. The molecular formula is C16H30ClN. The molecule has 0 fully saturated rings. The SMILES string of the molecule is CCCCCCCCC[NH+]1C=CC=C1CCC.[Cl-]. The Kier molecular flexibility index (Phi) is 11.6. The van der Waals surface area contributed by atoms with E-state index in [1.165, 1.54) is 64.3 Å². The van der Waals surface area contributed by atoms with Crippen LogP contribution in [0.1, 0.15) is 71.6 Å². The highest BCUT2D eigenvalue weighted by Crippen LogP contribution is 2.07. The largest absolute Gasteiger partial charge is 1.00 e. The molecular weight excluding hydrogens is 242 g/mol. The van der Waals surface area contributed by atoms with Crippen molar-refractivity contribution in [3.05, 3.63) is 24.0 Å². The Morgan fingerprint density at radius 3 is 2.22 bits per heavy atom. The quantitative estimate of drug-likeness (QED) is 0.562. The predicted molar refractivity (Wildman–Crippen MR) is 76.0 cm³/mol. The van der Waals surface area contributed by atoms with E-state index < -0.39 is 0 Å². The molecule has 2 heteroatoms. The first-order valence-electron chi connectivity index (χ1n) is 7.62. The van der Waals surface area contributed by atoms with E-state index in [2.05, 4.69) is 32.2 Å². The normalized spacial score (nSPS) is 17.7. The summed E-state index contributed by atoms with van der Waals surface area (Å²) in [5.41, 5.74) is 1.60. The van der Waals surface area contributed by atoms with E-state index in [0.29, 0.717) is 0 Å². The predicted octanol–water partition coefficient (Wildman–Crippen LogP) is 0.837. The van der Waals surface area contributed by atoms with Gasteiger partial charge in [-0.05, 0) is 25.3 Å². The molecule has 1 nitrogen and oxygen atoms in total. The summed E-state index contributed by atoms with van der Waals surface area (Å²) in [5.74, 6) is 0. The van der Waals surface area contributed by atoms with Crippen molar-refractivity contribution in [1.82, 2.24) is 0 Å². The second-order valence-electron chi connectivity index (χ2n) is 5.20. The maximum atomic E-state index is 2.32. The second kappa shape index (κ2) is 11.8. The zero-order chi connectivity index (χ0) is 12.3. The molecule has 1 aliphatic rings. The molecule has 0 aliphatic carbocycles. The molecule has 0 bridgehead atoms. The van der Waals surface area contributed by atoms with Crippen LogP contribution in [-0.4, -0.2) is 6.54 Å². The third kappa shape index (κ3) is 7.23. The Hall–Kier alpha value is -0.270. The number of rotatable bonds is 10. The third-order valence-electron chi connectivity index (χ3n) is 3.58. The fraction of sp³-hybridized carbons (Fsp3) is 0.750. The average Bonchev–Trinajstić information content (AvgIpc) is 2.76. The lowest BCUT2D eigenvalue weighted by Gasteiger charge is -2.13. The molecule has 0 aromatic rings. The van der Waals surface area contributed by atoms with Crippen LogP contribution in [0.3, 0.4) is 0 Å². The number of nitrogens with one attached hydrogen (secondary N) is 1. The van der Waals surface area contributed by atoms with Gasteiger partial charge in [0.1, 0.15) is 5.70 Å². The molecule has 18 heavy (non-hydrogen) atoms. The lowest BCUT2D eigenvalue weighted by molar-refractivity contribution is -0.804. The molecule has 0 saturated carbocycles. The smallest absolute Gasteiger partial charge is 0.112 e. The second-order valence-corrected chi connectivity index (χ2v) is 5.20. The number of hydrogen-bond acceptors (Lipinski definition) is 0. The molecule has 0 aromatic heterocycles. The molecule has 1 atom stereocenters. The lowest BCUT2D eigenvalue weighted by atomic mass is 10.1. The number of allylic oxidation sites excluding steroid dienone is 3. The summed E-state index contributed by atoms with van der Waals surface area (Å²) >= 11 is 0. The van der Waals surface area contributed by atoms with Crippen LogP contribution in [0.4, 0.5) is 0 Å². The van der Waals surface area contributed by atoms with E-state index in [-0.39, 0.29) is 12.4 Å². The highest BCUT2D eigenvalue weighted by Gasteiger charge is 2.14. The van der Waals surface area contributed by atoms with Crippen LogP contribution in [-0.2, 0) is 0 Å². The van der Waals surface area contributed by atoms with Crippen molar-refractivity contribution >= 4 is 0 Å². The first-order valence-corrected chi connectivity index (χ1v) is 7.62. The molecule has 1 unspecified atom stereocenters. The van der Waals surface area contributed by atoms with Crippen molar-refractivity contribution in [1.29, 1.82) is 0 Å². The van der Waals surface area contributed by atoms with Gasteiger partial charge in [0.05, 0.1) is 12.7 Å². The van der Waals surface area contributed by atoms with Gasteiger partial charge in [-0.2, -0.15) is 0 Å². The highest BCUT2D eigenvalue weighted by atomic mass is 35.5. The first-order chi connectivity index (χ1) is 8.38. The summed E-state index contributed by atoms with van der Waals surface area (Å²) < 4.78 is 0. The van der Waals surface area contributed by atoms with Gasteiger partial charge in [0.25, 0.3) is 0 Å². The van der Waals surface area contributed by atoms with Crippen LogP contribution in [0.25, 0.3) is 0 Å². The van der Waals surface area contributed by atoms with Crippen molar-refractivity contribution in [2.75, 3.05) is 6.54 Å². The van der Waals surface area contributed by atoms with Crippen LogP contribution in [0.15, 0.2) is 24.0 Å². The first kappa shape index (κ1) is 17.7. The Bertz CT molecular complexity index is 245. The fourth-order valence-corrected chi connectivity index (χ4v) is 2.52. The van der Waals surface area contributed by atoms with Crippen molar-refractivity contribution in [3.8, 4) is 0 Å².